The minimum atomic E-state index is -4.25. The highest BCUT2D eigenvalue weighted by molar-refractivity contribution is 6.78. The molecule has 14 heteroatoms. The minimum absolute atomic E-state index is 0. The smallest absolute Gasteiger partial charge is 0.412 e. The Labute approximate surface area is 170 Å². The molecule has 0 saturated carbocycles. The summed E-state index contributed by atoms with van der Waals surface area (Å²) in [6.07, 6.45) is 7.15. The molecular formula is C14H40O11Si3. The molecule has 0 aromatic heterocycles. The highest BCUT2D eigenvalue weighted by Crippen LogP contribution is 2.36. The third kappa shape index (κ3) is 27.9. The summed E-state index contributed by atoms with van der Waals surface area (Å²) < 4.78 is 8.13. The average Bonchev–Trinajstić information content (AvgIpc) is 2.46. The summed E-state index contributed by atoms with van der Waals surface area (Å²) >= 11 is 0. The van der Waals surface area contributed by atoms with Crippen molar-refractivity contribution in [3.63, 3.8) is 0 Å². The summed E-state index contributed by atoms with van der Waals surface area (Å²) in [6, 6.07) is 1.58. The molecule has 1 aliphatic heterocycles. The first-order valence-electron chi connectivity index (χ1n) is 8.09. The van der Waals surface area contributed by atoms with Gasteiger partial charge in [0.1, 0.15) is 0 Å². The maximum Gasteiger partial charge on any atom is 0.671 e. The van der Waals surface area contributed by atoms with Crippen LogP contribution in [0.5, 0.6) is 0 Å². The normalized spacial score (nSPS) is 17.5. The van der Waals surface area contributed by atoms with Gasteiger partial charge in [-0.3, -0.25) is 0 Å². The van der Waals surface area contributed by atoms with Crippen LogP contribution in [0, 0.1) is 0 Å². The van der Waals surface area contributed by atoms with Crippen LogP contribution in [0.3, 0.4) is 0 Å². The van der Waals surface area contributed by atoms with Crippen molar-refractivity contribution in [2.75, 3.05) is 13.2 Å². The third-order valence-corrected chi connectivity index (χ3v) is 9.54. The number of hydrogen-bond acceptors (Lipinski definition) is 8. The maximum atomic E-state index is 8.13. The van der Waals surface area contributed by atoms with E-state index in [2.05, 4.69) is 42.0 Å². The predicted molar refractivity (Wildman–Crippen MR) is 114 cm³/mol. The zero-order chi connectivity index (χ0) is 20.1. The van der Waals surface area contributed by atoms with Gasteiger partial charge in [0.15, 0.2) is 0 Å². The molecule has 1 unspecified atom stereocenters. The van der Waals surface area contributed by atoms with Gasteiger partial charge in [0, 0.05) is 0 Å². The van der Waals surface area contributed by atoms with Crippen LogP contribution in [-0.4, -0.2) is 84.6 Å². The molecule has 0 radical (unpaired) electrons. The molecule has 0 aromatic carbocycles. The fraction of sp³-hybridized carbons (Fsp3) is 0.714. The lowest BCUT2D eigenvalue weighted by atomic mass is 10.2. The van der Waals surface area contributed by atoms with Crippen molar-refractivity contribution in [2.45, 2.75) is 50.9 Å². The van der Waals surface area contributed by atoms with Crippen LogP contribution in [0.2, 0.25) is 24.7 Å². The Morgan fingerprint density at radius 1 is 0.857 bits per heavy atom. The Balaban J connectivity index is -0.0000000900. The van der Waals surface area contributed by atoms with Gasteiger partial charge in [-0.05, 0) is 5.54 Å². The van der Waals surface area contributed by atoms with Crippen LogP contribution in [0.15, 0.2) is 25.3 Å². The molecular weight excluding hydrogens is 428 g/mol. The Bertz CT molecular complexity index is 349. The van der Waals surface area contributed by atoms with Gasteiger partial charge in [0.05, 0.1) is 21.3 Å². The van der Waals surface area contributed by atoms with E-state index in [0.717, 1.165) is 5.54 Å². The van der Waals surface area contributed by atoms with Crippen molar-refractivity contribution < 1.29 is 54.1 Å². The Kier molecular flexibility index (Phi) is 25.6. The fourth-order valence-electron chi connectivity index (χ4n) is 2.01. The van der Waals surface area contributed by atoms with Gasteiger partial charge in [0.25, 0.3) is 0 Å². The second kappa shape index (κ2) is 18.7. The van der Waals surface area contributed by atoms with Crippen LogP contribution in [-0.2, 0) is 8.85 Å². The molecule has 28 heavy (non-hydrogen) atoms. The zero-order valence-corrected chi connectivity index (χ0v) is 19.9. The van der Waals surface area contributed by atoms with Gasteiger partial charge in [-0.1, -0.05) is 57.5 Å². The molecule has 0 amide bonds. The van der Waals surface area contributed by atoms with Gasteiger partial charge in [-0.25, -0.2) is 0 Å². The first kappa shape index (κ1) is 38.3. The van der Waals surface area contributed by atoms with Crippen molar-refractivity contribution in [3.8, 4) is 0 Å². The van der Waals surface area contributed by atoms with E-state index in [1.807, 2.05) is 0 Å². The standard InChI is InChI=1S/C8H18Si.2C3H8O4Si.3H2O/c1-8-6-4-5-7-9(8,2)3;2*1-2-3-7-8(4,5)6;;;/h8H,4-7H2,1-3H3;2*2,4-6H,1,3H2;3*1H2. The Hall–Kier alpha value is -0.309. The first-order valence-corrected chi connectivity index (χ1v) is 14.9. The lowest BCUT2D eigenvalue weighted by molar-refractivity contribution is 0.0728. The molecule has 1 atom stereocenters. The van der Waals surface area contributed by atoms with Gasteiger partial charge in [0.2, 0.25) is 0 Å². The summed E-state index contributed by atoms with van der Waals surface area (Å²) in [6.45, 7) is 13.9. The molecule has 1 saturated heterocycles. The van der Waals surface area contributed by atoms with Crippen molar-refractivity contribution >= 4 is 26.2 Å². The van der Waals surface area contributed by atoms with E-state index in [1.54, 1.807) is 6.04 Å². The first-order chi connectivity index (χ1) is 11.2. The van der Waals surface area contributed by atoms with Crippen LogP contribution >= 0.6 is 0 Å². The van der Waals surface area contributed by atoms with Gasteiger partial charge < -0.3 is 54.1 Å². The predicted octanol–water partition coefficient (Wildman–Crippen LogP) is -2.00. The van der Waals surface area contributed by atoms with E-state index in [0.29, 0.717) is 0 Å². The lowest BCUT2D eigenvalue weighted by Gasteiger charge is -2.34. The SMILES string of the molecule is C=CCO[Si](O)(O)O.C=CCO[Si](O)(O)O.CC1CCCC[Si]1(C)C.O.O.O. The molecule has 0 aromatic rings. The Morgan fingerprint density at radius 3 is 1.36 bits per heavy atom. The lowest BCUT2D eigenvalue weighted by Crippen LogP contribution is -2.38. The molecule has 1 fully saturated rings. The van der Waals surface area contributed by atoms with Gasteiger partial charge in [-0.15, -0.1) is 13.2 Å². The van der Waals surface area contributed by atoms with Crippen molar-refractivity contribution in [2.24, 2.45) is 0 Å². The third-order valence-electron chi connectivity index (χ3n) is 3.83. The van der Waals surface area contributed by atoms with E-state index in [1.165, 1.54) is 31.4 Å². The molecule has 1 rings (SSSR count). The van der Waals surface area contributed by atoms with Crippen LogP contribution in [0.1, 0.15) is 26.2 Å². The van der Waals surface area contributed by atoms with Crippen molar-refractivity contribution in [1.29, 1.82) is 0 Å². The van der Waals surface area contributed by atoms with E-state index in [-0.39, 0.29) is 29.6 Å². The summed E-state index contributed by atoms with van der Waals surface area (Å²) in [4.78, 5) is 48.8. The highest BCUT2D eigenvalue weighted by Gasteiger charge is 2.30. The van der Waals surface area contributed by atoms with Crippen molar-refractivity contribution in [3.05, 3.63) is 25.3 Å². The summed E-state index contributed by atoms with van der Waals surface area (Å²) in [5.41, 5.74) is 1.09. The number of rotatable bonds is 6. The van der Waals surface area contributed by atoms with E-state index >= 15 is 0 Å². The molecule has 0 spiro atoms. The van der Waals surface area contributed by atoms with Crippen LogP contribution in [0.4, 0.5) is 0 Å². The molecule has 0 bridgehead atoms. The fourth-order valence-corrected chi connectivity index (χ4v) is 5.33. The van der Waals surface area contributed by atoms with Gasteiger partial charge >= 0.3 is 18.1 Å². The van der Waals surface area contributed by atoms with Crippen LogP contribution in [0.25, 0.3) is 0 Å². The molecule has 1 aliphatic rings. The van der Waals surface area contributed by atoms with E-state index in [9.17, 15) is 0 Å². The topological polar surface area (TPSA) is 234 Å². The highest BCUT2D eigenvalue weighted by atomic mass is 28.4. The molecule has 1 heterocycles. The van der Waals surface area contributed by atoms with Crippen molar-refractivity contribution in [1.82, 2.24) is 0 Å². The number of hydrogen-bond donors (Lipinski definition) is 6. The molecule has 0 aliphatic carbocycles. The summed E-state index contributed by atoms with van der Waals surface area (Å²) in [5, 5.41) is 0. The maximum absolute atomic E-state index is 8.13. The van der Waals surface area contributed by atoms with Crippen LogP contribution < -0.4 is 0 Å². The average molecular weight is 469 g/mol. The molecule has 11 nitrogen and oxygen atoms in total. The van der Waals surface area contributed by atoms with Gasteiger partial charge in [-0.2, -0.15) is 0 Å². The second-order valence-corrected chi connectivity index (χ2v) is 14.8. The zero-order valence-electron chi connectivity index (χ0n) is 16.9. The second-order valence-electron chi connectivity index (χ2n) is 6.48. The van der Waals surface area contributed by atoms with E-state index < -0.39 is 26.2 Å². The summed E-state index contributed by atoms with van der Waals surface area (Å²) in [7, 11) is -9.19. The Morgan fingerprint density at radius 2 is 1.21 bits per heavy atom. The molecule has 174 valence electrons. The van der Waals surface area contributed by atoms with E-state index in [4.69, 9.17) is 28.8 Å². The monoisotopic (exact) mass is 468 g/mol. The largest absolute Gasteiger partial charge is 0.671 e. The minimum Gasteiger partial charge on any atom is -0.412 e. The quantitative estimate of drug-likeness (QED) is 0.188. The summed E-state index contributed by atoms with van der Waals surface area (Å²) in [5.74, 6) is 0. The molecule has 12 N–H and O–H groups in total.